The highest BCUT2D eigenvalue weighted by Gasteiger charge is 2.23. The number of hydrogen-bond acceptors (Lipinski definition) is 5. The third-order valence-electron chi connectivity index (χ3n) is 3.23. The van der Waals surface area contributed by atoms with Gasteiger partial charge in [-0.25, -0.2) is 17.2 Å². The van der Waals surface area contributed by atoms with E-state index in [0.717, 1.165) is 12.1 Å². The molecule has 2 N–H and O–H groups in total. The largest absolute Gasteiger partial charge is 0.454 e. The molecule has 7 nitrogen and oxygen atoms in total. The summed E-state index contributed by atoms with van der Waals surface area (Å²) < 4.78 is 57.2. The number of rotatable bonds is 7. The molecule has 0 bridgehead atoms. The lowest BCUT2D eigenvalue weighted by molar-refractivity contribution is -0.148. The van der Waals surface area contributed by atoms with Crippen LogP contribution < -0.4 is 10.0 Å². The molecule has 2 aromatic carbocycles. The Kier molecular flexibility index (Phi) is 6.59. The second-order valence-electron chi connectivity index (χ2n) is 5.47. The van der Waals surface area contributed by atoms with E-state index in [4.69, 9.17) is 4.74 Å². The number of carbonyl (C=O) groups excluding carboxylic acids is 2. The van der Waals surface area contributed by atoms with Crippen molar-refractivity contribution in [3.8, 4) is 0 Å². The van der Waals surface area contributed by atoms with Gasteiger partial charge in [-0.2, -0.15) is 4.72 Å². The fraction of sp³-hybridized carbons (Fsp3) is 0.176. The van der Waals surface area contributed by atoms with E-state index in [1.165, 1.54) is 31.2 Å². The lowest BCUT2D eigenvalue weighted by Gasteiger charge is -2.14. The van der Waals surface area contributed by atoms with E-state index in [-0.39, 0.29) is 10.6 Å². The van der Waals surface area contributed by atoms with E-state index >= 15 is 0 Å². The molecule has 0 saturated heterocycles. The van der Waals surface area contributed by atoms with Crippen LogP contribution in [0.25, 0.3) is 0 Å². The molecule has 144 valence electrons. The van der Waals surface area contributed by atoms with Gasteiger partial charge in [-0.05, 0) is 31.2 Å². The number of ether oxygens (including phenoxy) is 1. The maximum atomic E-state index is 13.1. The second-order valence-corrected chi connectivity index (χ2v) is 7.18. The zero-order valence-corrected chi connectivity index (χ0v) is 14.9. The minimum Gasteiger partial charge on any atom is -0.454 e. The van der Waals surface area contributed by atoms with Gasteiger partial charge in [0.2, 0.25) is 10.0 Å². The number of esters is 1. The van der Waals surface area contributed by atoms with Crippen molar-refractivity contribution in [2.24, 2.45) is 0 Å². The smallest absolute Gasteiger partial charge is 0.324 e. The van der Waals surface area contributed by atoms with Gasteiger partial charge in [-0.15, -0.1) is 0 Å². The predicted octanol–water partition coefficient (Wildman–Crippen LogP) is 1.81. The molecule has 0 aromatic heterocycles. The summed E-state index contributed by atoms with van der Waals surface area (Å²) in [6.07, 6.45) is 0. The zero-order valence-electron chi connectivity index (χ0n) is 14.1. The Bertz CT molecular complexity index is 915. The van der Waals surface area contributed by atoms with Crippen molar-refractivity contribution in [3.63, 3.8) is 0 Å². The Hall–Kier alpha value is -2.85. The lowest BCUT2D eigenvalue weighted by atomic mass is 10.3. The van der Waals surface area contributed by atoms with Crippen molar-refractivity contribution in [3.05, 3.63) is 60.2 Å². The van der Waals surface area contributed by atoms with E-state index in [1.807, 2.05) is 0 Å². The van der Waals surface area contributed by atoms with Crippen LogP contribution in [0.3, 0.4) is 0 Å². The molecule has 0 fully saturated rings. The zero-order chi connectivity index (χ0) is 20.0. The summed E-state index contributed by atoms with van der Waals surface area (Å²) in [5.41, 5.74) is -0.147. The molecule has 27 heavy (non-hydrogen) atoms. The van der Waals surface area contributed by atoms with Gasteiger partial charge < -0.3 is 10.1 Å². The van der Waals surface area contributed by atoms with Gasteiger partial charge in [0.15, 0.2) is 6.61 Å². The summed E-state index contributed by atoms with van der Waals surface area (Å²) in [6.45, 7) is 0.497. The van der Waals surface area contributed by atoms with E-state index < -0.39 is 46.2 Å². The SMILES string of the molecule is C[C@H](NS(=O)(=O)c1ccccc1)C(=O)OCC(=O)Nc1cc(F)cc(F)c1. The van der Waals surface area contributed by atoms with Crippen molar-refractivity contribution in [2.45, 2.75) is 17.9 Å². The molecule has 2 aromatic rings. The molecular formula is C17H16F2N2O5S. The van der Waals surface area contributed by atoms with Gasteiger partial charge >= 0.3 is 5.97 Å². The Morgan fingerprint density at radius 1 is 1.07 bits per heavy atom. The van der Waals surface area contributed by atoms with Crippen LogP contribution in [0.15, 0.2) is 53.4 Å². The molecule has 0 radical (unpaired) electrons. The minimum absolute atomic E-state index is 0.0319. The summed E-state index contributed by atoms with van der Waals surface area (Å²) in [5.74, 6) is -3.60. The average Bonchev–Trinajstić information content (AvgIpc) is 2.59. The summed E-state index contributed by atoms with van der Waals surface area (Å²) >= 11 is 0. The molecule has 0 spiro atoms. The first-order valence-electron chi connectivity index (χ1n) is 7.67. The van der Waals surface area contributed by atoms with Gasteiger partial charge in [0.25, 0.3) is 5.91 Å². The average molecular weight is 398 g/mol. The van der Waals surface area contributed by atoms with Gasteiger partial charge in [0.05, 0.1) is 4.90 Å². The van der Waals surface area contributed by atoms with Crippen LogP contribution in [0.5, 0.6) is 0 Å². The van der Waals surface area contributed by atoms with Gasteiger partial charge in [0.1, 0.15) is 17.7 Å². The highest BCUT2D eigenvalue weighted by atomic mass is 32.2. The number of hydrogen-bond donors (Lipinski definition) is 2. The normalized spacial score (nSPS) is 12.3. The molecule has 2 rings (SSSR count). The van der Waals surface area contributed by atoms with Crippen molar-refractivity contribution < 1.29 is 31.5 Å². The number of carbonyl (C=O) groups is 2. The lowest BCUT2D eigenvalue weighted by Crippen LogP contribution is -2.40. The van der Waals surface area contributed by atoms with Crippen molar-refractivity contribution >= 4 is 27.6 Å². The van der Waals surface area contributed by atoms with Crippen molar-refractivity contribution in [1.82, 2.24) is 4.72 Å². The number of nitrogens with one attached hydrogen (secondary N) is 2. The van der Waals surface area contributed by atoms with Crippen LogP contribution in [-0.2, 0) is 24.3 Å². The van der Waals surface area contributed by atoms with E-state index in [0.29, 0.717) is 6.07 Å². The Morgan fingerprint density at radius 2 is 1.67 bits per heavy atom. The number of sulfonamides is 1. The molecule has 0 aliphatic heterocycles. The van der Waals surface area contributed by atoms with Crippen molar-refractivity contribution in [2.75, 3.05) is 11.9 Å². The van der Waals surface area contributed by atoms with Crippen LogP contribution in [0.2, 0.25) is 0 Å². The summed E-state index contributed by atoms with van der Waals surface area (Å²) in [5, 5.41) is 2.16. The van der Waals surface area contributed by atoms with Gasteiger partial charge in [0, 0.05) is 11.8 Å². The summed E-state index contributed by atoms with van der Waals surface area (Å²) in [7, 11) is -3.94. The highest BCUT2D eigenvalue weighted by molar-refractivity contribution is 7.89. The topological polar surface area (TPSA) is 102 Å². The first-order valence-corrected chi connectivity index (χ1v) is 9.15. The maximum absolute atomic E-state index is 13.1. The number of halogens is 2. The quantitative estimate of drug-likeness (QED) is 0.693. The first kappa shape index (κ1) is 20.5. The monoisotopic (exact) mass is 398 g/mol. The summed E-state index contributed by atoms with van der Waals surface area (Å²) in [6, 6.07) is 8.55. The molecule has 1 atom stereocenters. The molecule has 0 aliphatic carbocycles. The first-order chi connectivity index (χ1) is 12.7. The van der Waals surface area contributed by atoms with Crippen LogP contribution >= 0.6 is 0 Å². The number of amides is 1. The molecule has 1 amide bonds. The van der Waals surface area contributed by atoms with E-state index in [9.17, 15) is 26.8 Å². The van der Waals surface area contributed by atoms with E-state index in [2.05, 4.69) is 10.0 Å². The number of anilines is 1. The van der Waals surface area contributed by atoms with Crippen LogP contribution in [0.1, 0.15) is 6.92 Å². The molecule has 0 aliphatic rings. The minimum atomic E-state index is -3.94. The van der Waals surface area contributed by atoms with Gasteiger partial charge in [-0.3, -0.25) is 9.59 Å². The molecule has 0 heterocycles. The Morgan fingerprint density at radius 3 is 2.26 bits per heavy atom. The second kappa shape index (κ2) is 8.69. The Labute approximate surface area is 154 Å². The molecular weight excluding hydrogens is 382 g/mol. The van der Waals surface area contributed by atoms with Crippen LogP contribution in [0, 0.1) is 11.6 Å². The highest BCUT2D eigenvalue weighted by Crippen LogP contribution is 2.13. The third-order valence-corrected chi connectivity index (χ3v) is 4.79. The predicted molar refractivity (Wildman–Crippen MR) is 92.2 cm³/mol. The summed E-state index contributed by atoms with van der Waals surface area (Å²) in [4.78, 5) is 23.5. The van der Waals surface area contributed by atoms with Crippen LogP contribution in [0.4, 0.5) is 14.5 Å². The van der Waals surface area contributed by atoms with Gasteiger partial charge in [-0.1, -0.05) is 18.2 Å². The standard InChI is InChI=1S/C17H16F2N2O5S/c1-11(21-27(24,25)15-5-3-2-4-6-15)17(23)26-10-16(22)20-14-8-12(18)7-13(19)9-14/h2-9,11,21H,10H2,1H3,(H,20,22)/t11-/m0/s1. The Balaban J connectivity index is 1.88. The third kappa shape index (κ3) is 6.12. The molecule has 0 saturated carbocycles. The fourth-order valence-electron chi connectivity index (χ4n) is 2.03. The maximum Gasteiger partial charge on any atom is 0.324 e. The molecule has 10 heteroatoms. The van der Waals surface area contributed by atoms with E-state index in [1.54, 1.807) is 6.07 Å². The number of benzene rings is 2. The molecule has 0 unspecified atom stereocenters. The van der Waals surface area contributed by atoms with Crippen LogP contribution in [-0.4, -0.2) is 32.9 Å². The van der Waals surface area contributed by atoms with Crippen molar-refractivity contribution in [1.29, 1.82) is 0 Å². The fourth-order valence-corrected chi connectivity index (χ4v) is 3.25.